The van der Waals surface area contributed by atoms with Crippen molar-refractivity contribution in [2.75, 3.05) is 39.9 Å². The topological polar surface area (TPSA) is 9.72 Å². The molecule has 0 N–H and O–H groups in total. The van der Waals surface area contributed by atoms with Gasteiger partial charge in [-0.05, 0) is 92.3 Å². The number of halogens is 9. The van der Waals surface area contributed by atoms with Gasteiger partial charge in [-0.3, -0.25) is 9.80 Å². The molecule has 0 amide bonds. The zero-order valence-corrected chi connectivity index (χ0v) is 26.4. The van der Waals surface area contributed by atoms with E-state index in [1.807, 2.05) is 30.1 Å². The number of hydrogen-bond acceptors (Lipinski definition) is 3. The fraction of sp³-hybridized carbons (Fsp3) is 0.438. The van der Waals surface area contributed by atoms with Crippen LogP contribution in [-0.2, 0) is 24.4 Å². The van der Waals surface area contributed by atoms with E-state index in [0.717, 1.165) is 50.2 Å². The quantitative estimate of drug-likeness (QED) is 0.230. The summed E-state index contributed by atoms with van der Waals surface area (Å²) in [5.74, 6) is 0.514. The Balaban J connectivity index is 0.00000442. The van der Waals surface area contributed by atoms with Gasteiger partial charge in [0.1, 0.15) is 0 Å². The molecular formula is C32H34Cl3F6N3. The maximum Gasteiger partial charge on any atom is 0.416 e. The molecule has 5 rings (SSSR count). The molecule has 3 nitrogen and oxygen atoms in total. The molecule has 0 spiro atoms. The van der Waals surface area contributed by atoms with Gasteiger partial charge >= 0.3 is 12.4 Å². The Morgan fingerprint density at radius 1 is 0.795 bits per heavy atom. The smallest absolute Gasteiger partial charge is 0.303 e. The number of likely N-dealkylation sites (N-methyl/N-ethyl adjacent to an activating group) is 1. The minimum atomic E-state index is -4.89. The van der Waals surface area contributed by atoms with E-state index >= 15 is 0 Å². The van der Waals surface area contributed by atoms with Crippen LogP contribution >= 0.6 is 35.6 Å². The van der Waals surface area contributed by atoms with Gasteiger partial charge in [0.2, 0.25) is 0 Å². The van der Waals surface area contributed by atoms with Gasteiger partial charge in [-0.25, -0.2) is 0 Å². The highest BCUT2D eigenvalue weighted by Gasteiger charge is 2.45. The van der Waals surface area contributed by atoms with Gasteiger partial charge in [-0.15, -0.1) is 12.4 Å². The number of hydrogen-bond donors (Lipinski definition) is 0. The Morgan fingerprint density at radius 2 is 1.41 bits per heavy atom. The summed E-state index contributed by atoms with van der Waals surface area (Å²) in [6.45, 7) is 3.35. The van der Waals surface area contributed by atoms with Gasteiger partial charge in [0.05, 0.1) is 33.4 Å². The molecule has 0 saturated carbocycles. The van der Waals surface area contributed by atoms with Crippen LogP contribution in [0.3, 0.4) is 0 Å². The SMILES string of the molecule is CN1CN(Cc2cc(C(F)(F)F)cc(C(F)(F)F)c2)CC1(CCN1CCC(c2ccccc2)CC1)c1ccc(Cl)c(Cl)c1.Cl. The van der Waals surface area contributed by atoms with E-state index in [9.17, 15) is 26.3 Å². The highest BCUT2D eigenvalue weighted by molar-refractivity contribution is 6.42. The highest BCUT2D eigenvalue weighted by atomic mass is 35.5. The van der Waals surface area contributed by atoms with Crippen molar-refractivity contribution in [1.29, 1.82) is 0 Å². The molecule has 2 aliphatic heterocycles. The third-order valence-corrected chi connectivity index (χ3v) is 9.58. The van der Waals surface area contributed by atoms with Crippen LogP contribution in [0.2, 0.25) is 10.0 Å². The van der Waals surface area contributed by atoms with Crippen molar-refractivity contribution in [1.82, 2.24) is 14.7 Å². The maximum absolute atomic E-state index is 13.5. The number of piperidine rings is 1. The van der Waals surface area contributed by atoms with E-state index < -0.39 is 29.0 Å². The first kappa shape index (κ1) is 34.9. The molecule has 1 atom stereocenters. The molecule has 2 heterocycles. The maximum atomic E-state index is 13.5. The minimum Gasteiger partial charge on any atom is -0.303 e. The van der Waals surface area contributed by atoms with E-state index in [-0.39, 0.29) is 30.6 Å². The standard InChI is InChI=1S/C32H33Cl2F6N3.ClH/c1-41-21-43(19-22-15-26(31(35,36)37)17-27(16-22)32(38,39)40)20-30(41,25-7-8-28(33)29(34)18-25)11-14-42-12-9-24(10-13-42)23-5-3-2-4-6-23;/h2-8,15-18,24H,9-14,19-21H2,1H3;1H. The first-order valence-electron chi connectivity index (χ1n) is 14.2. The monoisotopic (exact) mass is 679 g/mol. The van der Waals surface area contributed by atoms with Gasteiger partial charge in [-0.2, -0.15) is 26.3 Å². The summed E-state index contributed by atoms with van der Waals surface area (Å²) in [5, 5.41) is 0.798. The predicted octanol–water partition coefficient (Wildman–Crippen LogP) is 9.32. The van der Waals surface area contributed by atoms with Crippen LogP contribution in [0, 0.1) is 0 Å². The number of alkyl halides is 6. The Kier molecular flexibility index (Phi) is 10.9. The zero-order chi connectivity index (χ0) is 31.0. The number of rotatable bonds is 7. The zero-order valence-electron chi connectivity index (χ0n) is 24.1. The summed E-state index contributed by atoms with van der Waals surface area (Å²) in [6, 6.07) is 17.7. The molecule has 1 unspecified atom stereocenters. The van der Waals surface area contributed by atoms with Crippen LogP contribution in [0.1, 0.15) is 53.0 Å². The van der Waals surface area contributed by atoms with Gasteiger partial charge in [0.25, 0.3) is 0 Å². The lowest BCUT2D eigenvalue weighted by Gasteiger charge is -2.39. The fourth-order valence-electron chi connectivity index (χ4n) is 6.52. The van der Waals surface area contributed by atoms with E-state index in [2.05, 4.69) is 34.1 Å². The average molecular weight is 681 g/mol. The molecule has 2 saturated heterocycles. The lowest BCUT2D eigenvalue weighted by atomic mass is 9.84. The van der Waals surface area contributed by atoms with Crippen LogP contribution in [0.5, 0.6) is 0 Å². The molecule has 240 valence electrons. The van der Waals surface area contributed by atoms with Crippen molar-refractivity contribution in [3.8, 4) is 0 Å². The van der Waals surface area contributed by atoms with Crippen LogP contribution < -0.4 is 0 Å². The molecular weight excluding hydrogens is 647 g/mol. The molecule has 2 fully saturated rings. The van der Waals surface area contributed by atoms with Crippen LogP contribution in [0.4, 0.5) is 26.3 Å². The Morgan fingerprint density at radius 3 is 1.98 bits per heavy atom. The normalized spacial score (nSPS) is 21.0. The molecule has 0 aromatic heterocycles. The first-order valence-corrected chi connectivity index (χ1v) is 14.9. The molecule has 3 aromatic carbocycles. The molecule has 44 heavy (non-hydrogen) atoms. The highest BCUT2D eigenvalue weighted by Crippen LogP contribution is 2.42. The van der Waals surface area contributed by atoms with Crippen molar-refractivity contribution in [2.24, 2.45) is 0 Å². The number of benzene rings is 3. The minimum absolute atomic E-state index is 0. The summed E-state index contributed by atoms with van der Waals surface area (Å²) < 4.78 is 81.0. The summed E-state index contributed by atoms with van der Waals surface area (Å²) in [7, 11) is 1.93. The van der Waals surface area contributed by atoms with E-state index in [0.29, 0.717) is 35.6 Å². The van der Waals surface area contributed by atoms with Crippen LogP contribution in [-0.4, -0.2) is 54.6 Å². The summed E-state index contributed by atoms with van der Waals surface area (Å²) in [4.78, 5) is 6.43. The summed E-state index contributed by atoms with van der Waals surface area (Å²) >= 11 is 12.6. The van der Waals surface area contributed by atoms with Crippen LogP contribution in [0.15, 0.2) is 66.7 Å². The van der Waals surface area contributed by atoms with E-state index in [1.54, 1.807) is 6.07 Å². The molecule has 0 bridgehead atoms. The average Bonchev–Trinajstić information content (AvgIpc) is 3.28. The van der Waals surface area contributed by atoms with Crippen molar-refractivity contribution in [3.05, 3.63) is 105 Å². The van der Waals surface area contributed by atoms with Gasteiger partial charge < -0.3 is 4.90 Å². The summed E-state index contributed by atoms with van der Waals surface area (Å²) in [5.41, 5.74) is -0.962. The molecule has 0 aliphatic carbocycles. The lowest BCUT2D eigenvalue weighted by Crippen LogP contribution is -2.45. The number of likely N-dealkylation sites (tertiary alicyclic amines) is 1. The second kappa shape index (κ2) is 13.8. The molecule has 0 radical (unpaired) electrons. The van der Waals surface area contributed by atoms with Gasteiger partial charge in [0.15, 0.2) is 0 Å². The van der Waals surface area contributed by atoms with Crippen molar-refractivity contribution in [2.45, 2.75) is 49.6 Å². The molecule has 12 heteroatoms. The predicted molar refractivity (Wildman–Crippen MR) is 164 cm³/mol. The van der Waals surface area contributed by atoms with Crippen molar-refractivity contribution in [3.63, 3.8) is 0 Å². The molecule has 2 aliphatic rings. The largest absolute Gasteiger partial charge is 0.416 e. The van der Waals surface area contributed by atoms with Gasteiger partial charge in [0, 0.05) is 19.6 Å². The van der Waals surface area contributed by atoms with E-state index in [1.165, 1.54) is 5.56 Å². The van der Waals surface area contributed by atoms with Crippen molar-refractivity contribution < 1.29 is 26.3 Å². The Labute approximate surface area is 270 Å². The molecule has 3 aromatic rings. The Hall–Kier alpha value is -2.01. The van der Waals surface area contributed by atoms with Gasteiger partial charge in [-0.1, -0.05) is 59.6 Å². The second-order valence-electron chi connectivity index (χ2n) is 11.7. The lowest BCUT2D eigenvalue weighted by molar-refractivity contribution is -0.143. The summed E-state index contributed by atoms with van der Waals surface area (Å²) in [6.07, 6.45) is -7.00. The Bertz CT molecular complexity index is 1380. The van der Waals surface area contributed by atoms with E-state index in [4.69, 9.17) is 23.2 Å². The second-order valence-corrected chi connectivity index (χ2v) is 12.5. The number of nitrogens with zero attached hydrogens (tertiary/aromatic N) is 3. The third kappa shape index (κ3) is 7.85. The first-order chi connectivity index (χ1) is 20.2. The van der Waals surface area contributed by atoms with Crippen molar-refractivity contribution >= 4 is 35.6 Å². The fourth-order valence-corrected chi connectivity index (χ4v) is 6.82. The third-order valence-electron chi connectivity index (χ3n) is 8.84. The van der Waals surface area contributed by atoms with Crippen LogP contribution in [0.25, 0.3) is 0 Å².